The van der Waals surface area contributed by atoms with Crippen LogP contribution in [0, 0.1) is 6.92 Å². The van der Waals surface area contributed by atoms with Gasteiger partial charge in [0.05, 0.1) is 22.7 Å². The SMILES string of the molecule is CCN(C)/C=N\c1cc(C)cc(Nc2ccc3c(c2)OCCO3)c1Cl. The molecule has 2 aromatic rings. The van der Waals surface area contributed by atoms with Crippen molar-refractivity contribution >= 4 is 35.0 Å². The van der Waals surface area contributed by atoms with Crippen molar-refractivity contribution in [3.63, 3.8) is 0 Å². The monoisotopic (exact) mass is 359 g/mol. The van der Waals surface area contributed by atoms with Crippen LogP contribution >= 0.6 is 11.6 Å². The Labute approximate surface area is 153 Å². The standard InChI is InChI=1S/C19H22ClN3O2/c1-4-23(3)12-21-15-9-13(2)10-16(19(15)20)22-14-5-6-17-18(11-14)25-8-7-24-17/h5-6,9-12,22H,4,7-8H2,1-3H3/b21-12-. The van der Waals surface area contributed by atoms with Crippen molar-refractivity contribution in [3.8, 4) is 11.5 Å². The molecule has 1 aliphatic rings. The molecule has 0 radical (unpaired) electrons. The first-order chi connectivity index (χ1) is 12.1. The molecule has 0 bridgehead atoms. The lowest BCUT2D eigenvalue weighted by Crippen LogP contribution is -2.15. The van der Waals surface area contributed by atoms with E-state index < -0.39 is 0 Å². The minimum Gasteiger partial charge on any atom is -0.486 e. The van der Waals surface area contributed by atoms with Gasteiger partial charge in [0.2, 0.25) is 0 Å². The van der Waals surface area contributed by atoms with Crippen LogP contribution in [0.4, 0.5) is 17.1 Å². The van der Waals surface area contributed by atoms with Crippen LogP contribution in [0.3, 0.4) is 0 Å². The van der Waals surface area contributed by atoms with E-state index in [2.05, 4.69) is 17.2 Å². The first-order valence-corrected chi connectivity index (χ1v) is 8.66. The summed E-state index contributed by atoms with van der Waals surface area (Å²) in [7, 11) is 1.97. The van der Waals surface area contributed by atoms with E-state index in [4.69, 9.17) is 21.1 Å². The van der Waals surface area contributed by atoms with E-state index in [-0.39, 0.29) is 0 Å². The molecule has 0 saturated carbocycles. The van der Waals surface area contributed by atoms with Crippen molar-refractivity contribution < 1.29 is 9.47 Å². The van der Waals surface area contributed by atoms with Crippen LogP contribution in [0.25, 0.3) is 0 Å². The number of benzene rings is 2. The first kappa shape index (κ1) is 17.4. The maximum absolute atomic E-state index is 6.55. The van der Waals surface area contributed by atoms with Crippen molar-refractivity contribution in [2.75, 3.05) is 32.1 Å². The maximum atomic E-state index is 6.55. The molecule has 6 heteroatoms. The van der Waals surface area contributed by atoms with Crippen molar-refractivity contribution in [1.29, 1.82) is 0 Å². The third kappa shape index (κ3) is 4.17. The molecule has 0 aliphatic carbocycles. The molecule has 3 rings (SSSR count). The second-order valence-corrected chi connectivity index (χ2v) is 6.32. The normalized spacial score (nSPS) is 13.1. The average molecular weight is 360 g/mol. The highest BCUT2D eigenvalue weighted by molar-refractivity contribution is 6.36. The molecule has 0 spiro atoms. The van der Waals surface area contributed by atoms with Gasteiger partial charge in [-0.15, -0.1) is 0 Å². The molecule has 1 aliphatic heterocycles. The number of fused-ring (bicyclic) bond motifs is 1. The fourth-order valence-corrected chi connectivity index (χ4v) is 2.66. The van der Waals surface area contributed by atoms with Gasteiger partial charge in [-0.05, 0) is 43.7 Å². The lowest BCUT2D eigenvalue weighted by atomic mass is 10.2. The van der Waals surface area contributed by atoms with E-state index in [0.29, 0.717) is 18.2 Å². The molecule has 5 nitrogen and oxygen atoms in total. The summed E-state index contributed by atoms with van der Waals surface area (Å²) in [6, 6.07) is 9.73. The Morgan fingerprint density at radius 1 is 1.20 bits per heavy atom. The first-order valence-electron chi connectivity index (χ1n) is 8.28. The Morgan fingerprint density at radius 3 is 2.72 bits per heavy atom. The topological polar surface area (TPSA) is 46.1 Å². The van der Waals surface area contributed by atoms with Gasteiger partial charge in [-0.2, -0.15) is 0 Å². The largest absolute Gasteiger partial charge is 0.486 e. The molecule has 2 aromatic carbocycles. The Bertz CT molecular complexity index is 792. The van der Waals surface area contributed by atoms with Crippen LogP contribution in [-0.2, 0) is 0 Å². The Hall–Kier alpha value is -2.40. The summed E-state index contributed by atoms with van der Waals surface area (Å²) in [5.74, 6) is 1.50. The quantitative estimate of drug-likeness (QED) is 0.616. The summed E-state index contributed by atoms with van der Waals surface area (Å²) in [6.45, 7) is 6.12. The summed E-state index contributed by atoms with van der Waals surface area (Å²) in [5, 5.41) is 3.93. The lowest BCUT2D eigenvalue weighted by Gasteiger charge is -2.19. The third-order valence-corrected chi connectivity index (χ3v) is 4.31. The van der Waals surface area contributed by atoms with Gasteiger partial charge < -0.3 is 19.7 Å². The van der Waals surface area contributed by atoms with Crippen LogP contribution in [0.1, 0.15) is 12.5 Å². The zero-order chi connectivity index (χ0) is 17.8. The van der Waals surface area contributed by atoms with Crippen LogP contribution in [-0.4, -0.2) is 38.0 Å². The van der Waals surface area contributed by atoms with Crippen molar-refractivity contribution in [3.05, 3.63) is 40.9 Å². The van der Waals surface area contributed by atoms with Gasteiger partial charge in [0.1, 0.15) is 13.2 Å². The van der Waals surface area contributed by atoms with Crippen LogP contribution < -0.4 is 14.8 Å². The van der Waals surface area contributed by atoms with Crippen LogP contribution in [0.5, 0.6) is 11.5 Å². The minimum absolute atomic E-state index is 0.561. The summed E-state index contributed by atoms with van der Waals surface area (Å²) in [4.78, 5) is 6.49. The molecule has 0 amide bonds. The molecule has 132 valence electrons. The molecule has 0 saturated heterocycles. The molecule has 25 heavy (non-hydrogen) atoms. The van der Waals surface area contributed by atoms with Crippen LogP contribution in [0.2, 0.25) is 5.02 Å². The summed E-state index contributed by atoms with van der Waals surface area (Å²) >= 11 is 6.55. The molecule has 0 unspecified atom stereocenters. The Kier molecular flexibility index (Phi) is 5.34. The van der Waals surface area contributed by atoms with Crippen LogP contribution in [0.15, 0.2) is 35.3 Å². The van der Waals surface area contributed by atoms with Crippen molar-refractivity contribution in [1.82, 2.24) is 4.90 Å². The third-order valence-electron chi connectivity index (χ3n) is 3.91. The smallest absolute Gasteiger partial charge is 0.163 e. The number of nitrogens with one attached hydrogen (secondary N) is 1. The predicted molar refractivity (Wildman–Crippen MR) is 103 cm³/mol. The summed E-state index contributed by atoms with van der Waals surface area (Å²) in [5.41, 5.74) is 3.51. The molecular formula is C19H22ClN3O2. The summed E-state index contributed by atoms with van der Waals surface area (Å²) in [6.07, 6.45) is 1.79. The number of aryl methyl sites for hydroxylation is 1. The summed E-state index contributed by atoms with van der Waals surface area (Å²) < 4.78 is 11.2. The fourth-order valence-electron chi connectivity index (χ4n) is 2.45. The number of anilines is 2. The number of halogens is 1. The van der Waals surface area contributed by atoms with E-state index in [1.807, 2.05) is 49.2 Å². The van der Waals surface area contributed by atoms with Gasteiger partial charge in [-0.3, -0.25) is 0 Å². The Balaban J connectivity index is 1.87. The zero-order valence-corrected chi connectivity index (χ0v) is 15.4. The number of ether oxygens (including phenoxy) is 2. The Morgan fingerprint density at radius 2 is 1.96 bits per heavy atom. The second-order valence-electron chi connectivity index (χ2n) is 5.95. The highest BCUT2D eigenvalue weighted by Crippen LogP contribution is 2.38. The van der Waals surface area contributed by atoms with Gasteiger partial charge in [0.15, 0.2) is 11.5 Å². The average Bonchev–Trinajstić information content (AvgIpc) is 2.62. The molecule has 0 atom stereocenters. The highest BCUT2D eigenvalue weighted by atomic mass is 35.5. The van der Waals surface area contributed by atoms with Gasteiger partial charge in [0, 0.05) is 25.3 Å². The molecular weight excluding hydrogens is 338 g/mol. The van der Waals surface area contributed by atoms with E-state index >= 15 is 0 Å². The molecule has 0 fully saturated rings. The molecule has 0 aromatic heterocycles. The van der Waals surface area contributed by atoms with Gasteiger partial charge in [0.25, 0.3) is 0 Å². The lowest BCUT2D eigenvalue weighted by molar-refractivity contribution is 0.171. The van der Waals surface area contributed by atoms with E-state index in [1.54, 1.807) is 6.34 Å². The zero-order valence-electron chi connectivity index (χ0n) is 14.7. The van der Waals surface area contributed by atoms with E-state index in [1.165, 1.54) is 0 Å². The highest BCUT2D eigenvalue weighted by Gasteiger charge is 2.13. The number of hydrogen-bond donors (Lipinski definition) is 1. The van der Waals surface area contributed by atoms with Gasteiger partial charge in [-0.25, -0.2) is 4.99 Å². The molecule has 1 heterocycles. The van der Waals surface area contributed by atoms with E-state index in [0.717, 1.165) is 40.7 Å². The van der Waals surface area contributed by atoms with Gasteiger partial charge >= 0.3 is 0 Å². The minimum atomic E-state index is 0.561. The second kappa shape index (κ2) is 7.66. The van der Waals surface area contributed by atoms with Crippen molar-refractivity contribution in [2.24, 2.45) is 4.99 Å². The fraction of sp³-hybridized carbons (Fsp3) is 0.316. The number of hydrogen-bond acceptors (Lipinski definition) is 4. The molecule has 1 N–H and O–H groups in total. The number of aliphatic imine (C=N–C) groups is 1. The van der Waals surface area contributed by atoms with Gasteiger partial charge in [-0.1, -0.05) is 11.6 Å². The van der Waals surface area contributed by atoms with Crippen molar-refractivity contribution in [2.45, 2.75) is 13.8 Å². The number of nitrogens with zero attached hydrogens (tertiary/aromatic N) is 2. The predicted octanol–water partition coefficient (Wildman–Crippen LogP) is 4.77. The maximum Gasteiger partial charge on any atom is 0.163 e. The number of rotatable bonds is 5. The van der Waals surface area contributed by atoms with E-state index in [9.17, 15) is 0 Å².